The first kappa shape index (κ1) is 20.6. The van der Waals surface area contributed by atoms with Gasteiger partial charge in [0, 0.05) is 35.6 Å². The predicted octanol–water partition coefficient (Wildman–Crippen LogP) is 4.14. The SMILES string of the molecule is COc1ccc(C(CNC(=O)CSc2nncn2C2CC2)c2c[nH]c3ccccc23)cc1. The fourth-order valence-electron chi connectivity index (χ4n) is 3.96. The molecule has 0 saturated heterocycles. The summed E-state index contributed by atoms with van der Waals surface area (Å²) in [6.45, 7) is 0.503. The molecule has 1 saturated carbocycles. The van der Waals surface area contributed by atoms with Gasteiger partial charge in [0.25, 0.3) is 0 Å². The molecule has 8 heteroatoms. The summed E-state index contributed by atoms with van der Waals surface area (Å²) in [5.41, 5.74) is 3.37. The summed E-state index contributed by atoms with van der Waals surface area (Å²) < 4.78 is 7.39. The van der Waals surface area contributed by atoms with Gasteiger partial charge in [-0.1, -0.05) is 42.1 Å². The summed E-state index contributed by atoms with van der Waals surface area (Å²) in [6, 6.07) is 16.8. The van der Waals surface area contributed by atoms with E-state index in [1.807, 2.05) is 30.5 Å². The minimum atomic E-state index is -0.0151. The number of amides is 1. The molecule has 0 spiro atoms. The number of carbonyl (C=O) groups excluding carboxylic acids is 1. The van der Waals surface area contributed by atoms with Crippen LogP contribution in [-0.4, -0.2) is 45.1 Å². The Morgan fingerprint density at radius 2 is 2.06 bits per heavy atom. The number of nitrogens with one attached hydrogen (secondary N) is 2. The number of fused-ring (bicyclic) bond motifs is 1. The van der Waals surface area contributed by atoms with Gasteiger partial charge in [-0.2, -0.15) is 0 Å². The number of rotatable bonds is 9. The molecular weight excluding hydrogens is 422 g/mol. The molecule has 1 aliphatic carbocycles. The van der Waals surface area contributed by atoms with Crippen molar-refractivity contribution in [3.63, 3.8) is 0 Å². The normalized spacial score (nSPS) is 14.4. The van der Waals surface area contributed by atoms with Gasteiger partial charge in [-0.3, -0.25) is 4.79 Å². The van der Waals surface area contributed by atoms with E-state index in [2.05, 4.69) is 49.3 Å². The van der Waals surface area contributed by atoms with Gasteiger partial charge in [-0.15, -0.1) is 10.2 Å². The molecule has 1 amide bonds. The predicted molar refractivity (Wildman–Crippen MR) is 125 cm³/mol. The van der Waals surface area contributed by atoms with Crippen molar-refractivity contribution in [1.82, 2.24) is 25.1 Å². The number of para-hydroxylation sites is 1. The van der Waals surface area contributed by atoms with Crippen molar-refractivity contribution in [2.75, 3.05) is 19.4 Å². The topological polar surface area (TPSA) is 84.8 Å². The zero-order valence-corrected chi connectivity index (χ0v) is 18.6. The van der Waals surface area contributed by atoms with Crippen molar-refractivity contribution in [3.8, 4) is 5.75 Å². The van der Waals surface area contributed by atoms with Gasteiger partial charge >= 0.3 is 0 Å². The van der Waals surface area contributed by atoms with E-state index in [0.717, 1.165) is 45.8 Å². The standard InChI is InChI=1S/C24H25N5O2S/c1-31-18-10-6-16(7-11-18)20(21-13-25-22-5-3-2-4-19(21)22)12-26-23(30)14-32-24-28-27-15-29(24)17-8-9-17/h2-7,10-11,13,15,17,20,25H,8-9,12,14H2,1H3,(H,26,30). The molecule has 1 aliphatic rings. The highest BCUT2D eigenvalue weighted by Gasteiger charge is 2.26. The summed E-state index contributed by atoms with van der Waals surface area (Å²) in [6.07, 6.45) is 6.12. The summed E-state index contributed by atoms with van der Waals surface area (Å²) in [5, 5.41) is 13.3. The van der Waals surface area contributed by atoms with E-state index in [4.69, 9.17) is 4.74 Å². The summed E-state index contributed by atoms with van der Waals surface area (Å²) in [5.74, 6) is 1.13. The molecule has 2 N–H and O–H groups in total. The molecule has 0 radical (unpaired) electrons. The lowest BCUT2D eigenvalue weighted by atomic mass is 9.91. The van der Waals surface area contributed by atoms with Crippen LogP contribution in [0.25, 0.3) is 10.9 Å². The van der Waals surface area contributed by atoms with E-state index in [1.54, 1.807) is 13.4 Å². The lowest BCUT2D eigenvalue weighted by Crippen LogP contribution is -2.30. The Hall–Kier alpha value is -3.26. The van der Waals surface area contributed by atoms with E-state index < -0.39 is 0 Å². The molecular formula is C24H25N5O2S. The average Bonchev–Trinajstić information content (AvgIpc) is 3.41. The van der Waals surface area contributed by atoms with Crippen LogP contribution in [0.15, 0.2) is 66.2 Å². The number of hydrogen-bond donors (Lipinski definition) is 2. The average molecular weight is 448 g/mol. The van der Waals surface area contributed by atoms with Crippen LogP contribution in [0.4, 0.5) is 0 Å². The molecule has 164 valence electrons. The van der Waals surface area contributed by atoms with Crippen molar-refractivity contribution >= 4 is 28.6 Å². The Kier molecular flexibility index (Phi) is 5.85. The number of methoxy groups -OCH3 is 1. The number of benzene rings is 2. The maximum atomic E-state index is 12.7. The van der Waals surface area contributed by atoms with E-state index in [-0.39, 0.29) is 11.8 Å². The Bertz CT molecular complexity index is 1210. The number of thioether (sulfide) groups is 1. The molecule has 0 aliphatic heterocycles. The Morgan fingerprint density at radius 1 is 1.25 bits per heavy atom. The van der Waals surface area contributed by atoms with Crippen LogP contribution in [0.2, 0.25) is 0 Å². The minimum Gasteiger partial charge on any atom is -0.497 e. The van der Waals surface area contributed by atoms with E-state index in [9.17, 15) is 4.79 Å². The fraction of sp³-hybridized carbons (Fsp3) is 0.292. The number of nitrogens with zero attached hydrogens (tertiary/aromatic N) is 3. The van der Waals surface area contributed by atoms with Gasteiger partial charge in [0.15, 0.2) is 5.16 Å². The van der Waals surface area contributed by atoms with Gasteiger partial charge in [0.05, 0.1) is 12.9 Å². The van der Waals surface area contributed by atoms with Crippen LogP contribution in [0.3, 0.4) is 0 Å². The van der Waals surface area contributed by atoms with Crippen LogP contribution in [0.5, 0.6) is 5.75 Å². The molecule has 1 unspecified atom stereocenters. The van der Waals surface area contributed by atoms with Crippen molar-refractivity contribution in [3.05, 3.63) is 72.2 Å². The number of H-pyrrole nitrogens is 1. The quantitative estimate of drug-likeness (QED) is 0.377. The first-order valence-corrected chi connectivity index (χ1v) is 11.7. The van der Waals surface area contributed by atoms with E-state index in [0.29, 0.717) is 18.3 Å². The molecule has 2 aromatic heterocycles. The largest absolute Gasteiger partial charge is 0.497 e. The minimum absolute atomic E-state index is 0.0149. The molecule has 1 fully saturated rings. The highest BCUT2D eigenvalue weighted by Crippen LogP contribution is 2.37. The zero-order valence-electron chi connectivity index (χ0n) is 17.8. The van der Waals surface area contributed by atoms with Crippen molar-refractivity contribution in [2.24, 2.45) is 0 Å². The number of ether oxygens (including phenoxy) is 1. The first-order valence-electron chi connectivity index (χ1n) is 10.7. The van der Waals surface area contributed by atoms with Gasteiger partial charge in [-0.25, -0.2) is 0 Å². The molecule has 1 atom stereocenters. The van der Waals surface area contributed by atoms with E-state index in [1.165, 1.54) is 11.8 Å². The second-order valence-corrected chi connectivity index (χ2v) is 8.90. The Balaban J connectivity index is 1.31. The summed E-state index contributed by atoms with van der Waals surface area (Å²) in [4.78, 5) is 16.0. The Morgan fingerprint density at radius 3 is 2.84 bits per heavy atom. The smallest absolute Gasteiger partial charge is 0.230 e. The monoisotopic (exact) mass is 447 g/mol. The van der Waals surface area contributed by atoms with Gasteiger partial charge in [-0.05, 0) is 42.2 Å². The third-order valence-corrected chi connectivity index (χ3v) is 6.79. The van der Waals surface area contributed by atoms with Crippen molar-refractivity contribution < 1.29 is 9.53 Å². The molecule has 2 heterocycles. The van der Waals surface area contributed by atoms with Crippen LogP contribution in [0.1, 0.15) is 35.9 Å². The molecule has 32 heavy (non-hydrogen) atoms. The maximum absolute atomic E-state index is 12.7. The number of hydrogen-bond acceptors (Lipinski definition) is 5. The number of aromatic amines is 1. The highest BCUT2D eigenvalue weighted by atomic mass is 32.2. The van der Waals surface area contributed by atoms with Crippen LogP contribution < -0.4 is 10.1 Å². The van der Waals surface area contributed by atoms with Crippen LogP contribution >= 0.6 is 11.8 Å². The third-order valence-electron chi connectivity index (χ3n) is 5.83. The first-order chi connectivity index (χ1) is 15.7. The summed E-state index contributed by atoms with van der Waals surface area (Å²) in [7, 11) is 1.66. The third kappa shape index (κ3) is 4.36. The second kappa shape index (κ2) is 9.08. The molecule has 2 aromatic carbocycles. The van der Waals surface area contributed by atoms with E-state index >= 15 is 0 Å². The molecule has 7 nitrogen and oxygen atoms in total. The van der Waals surface area contributed by atoms with Gasteiger partial charge in [0.1, 0.15) is 12.1 Å². The van der Waals surface area contributed by atoms with Crippen LogP contribution in [-0.2, 0) is 4.79 Å². The molecule has 0 bridgehead atoms. The fourth-order valence-corrected chi connectivity index (χ4v) is 4.77. The highest BCUT2D eigenvalue weighted by molar-refractivity contribution is 7.99. The van der Waals surface area contributed by atoms with Crippen molar-refractivity contribution in [2.45, 2.75) is 30.0 Å². The van der Waals surface area contributed by atoms with Gasteiger partial charge < -0.3 is 19.6 Å². The zero-order chi connectivity index (χ0) is 21.9. The number of carbonyl (C=O) groups is 1. The lowest BCUT2D eigenvalue weighted by Gasteiger charge is -2.18. The van der Waals surface area contributed by atoms with Gasteiger partial charge in [0.2, 0.25) is 5.91 Å². The second-order valence-electron chi connectivity index (χ2n) is 7.96. The maximum Gasteiger partial charge on any atom is 0.230 e. The molecule has 5 rings (SSSR count). The molecule has 4 aromatic rings. The van der Waals surface area contributed by atoms with Crippen molar-refractivity contribution in [1.29, 1.82) is 0 Å². The lowest BCUT2D eigenvalue weighted by molar-refractivity contribution is -0.118. The summed E-state index contributed by atoms with van der Waals surface area (Å²) >= 11 is 1.44. The number of aromatic nitrogens is 4. The van der Waals surface area contributed by atoms with Crippen LogP contribution in [0, 0.1) is 0 Å². The Labute approximate surface area is 190 Å².